The Bertz CT molecular complexity index is 1320. The summed E-state index contributed by atoms with van der Waals surface area (Å²) in [5, 5.41) is 13.3. The third-order valence-corrected chi connectivity index (χ3v) is 7.31. The molecule has 2 aromatic carbocycles. The van der Waals surface area contributed by atoms with Crippen LogP contribution >= 0.6 is 11.6 Å². The van der Waals surface area contributed by atoms with E-state index >= 15 is 0 Å². The van der Waals surface area contributed by atoms with Crippen molar-refractivity contribution in [1.82, 2.24) is 20.4 Å². The van der Waals surface area contributed by atoms with Crippen molar-refractivity contribution in [3.05, 3.63) is 70.5 Å². The summed E-state index contributed by atoms with van der Waals surface area (Å²) in [5.74, 6) is -3.93. The van der Waals surface area contributed by atoms with Crippen LogP contribution in [-0.4, -0.2) is 95.1 Å². The van der Waals surface area contributed by atoms with Crippen LogP contribution in [0.15, 0.2) is 48.5 Å². The molecule has 5 N–H and O–H groups in total. The molecule has 0 aromatic heterocycles. The fourth-order valence-corrected chi connectivity index (χ4v) is 4.72. The maximum Gasteiger partial charge on any atom is 0.490 e. The van der Waals surface area contributed by atoms with Gasteiger partial charge in [0, 0.05) is 44.2 Å². The minimum absolute atomic E-state index is 0.0986. The Morgan fingerprint density at radius 2 is 1.51 bits per heavy atom. The first kappa shape index (κ1) is 37.4. The average molecular weight is 660 g/mol. The molecule has 45 heavy (non-hydrogen) atoms. The van der Waals surface area contributed by atoms with Gasteiger partial charge in [0.15, 0.2) is 0 Å². The van der Waals surface area contributed by atoms with E-state index in [4.69, 9.17) is 27.2 Å². The molecule has 1 fully saturated rings. The quantitative estimate of drug-likeness (QED) is 0.303. The van der Waals surface area contributed by atoms with Gasteiger partial charge < -0.3 is 26.4 Å². The highest BCUT2D eigenvalue weighted by atomic mass is 35.5. The van der Waals surface area contributed by atoms with Crippen molar-refractivity contribution < 1.29 is 41.8 Å². The van der Waals surface area contributed by atoms with Crippen molar-refractivity contribution in [3.8, 4) is 0 Å². The maximum atomic E-state index is 13.7. The van der Waals surface area contributed by atoms with E-state index in [1.54, 1.807) is 50.1 Å². The van der Waals surface area contributed by atoms with Crippen molar-refractivity contribution >= 4 is 35.3 Å². The zero-order valence-electron chi connectivity index (χ0n) is 25.3. The van der Waals surface area contributed by atoms with E-state index in [9.17, 15) is 31.9 Å². The summed E-state index contributed by atoms with van der Waals surface area (Å²) >= 11 is 6.01. The highest BCUT2D eigenvalue weighted by Crippen LogP contribution is 2.20. The number of nitrogens with zero attached hydrogens (tertiary/aromatic N) is 2. The minimum atomic E-state index is -5.08. The number of carbonyl (C=O) groups is 4. The van der Waals surface area contributed by atoms with Gasteiger partial charge in [0.1, 0.15) is 11.9 Å². The molecule has 10 nitrogen and oxygen atoms in total. The Labute approximate surface area is 263 Å². The van der Waals surface area contributed by atoms with Crippen LogP contribution in [0, 0.1) is 5.82 Å². The van der Waals surface area contributed by atoms with Gasteiger partial charge in [0.2, 0.25) is 17.7 Å². The Morgan fingerprint density at radius 3 is 1.98 bits per heavy atom. The van der Waals surface area contributed by atoms with E-state index in [1.807, 2.05) is 19.1 Å². The number of nitrogens with one attached hydrogen (secondary N) is 2. The minimum Gasteiger partial charge on any atom is -0.475 e. The molecule has 1 aliphatic rings. The Kier molecular flexibility index (Phi) is 13.3. The molecule has 0 spiro atoms. The van der Waals surface area contributed by atoms with Crippen molar-refractivity contribution in [3.63, 3.8) is 0 Å². The largest absolute Gasteiger partial charge is 0.490 e. The predicted octanol–water partition coefficient (Wildman–Crippen LogP) is 2.77. The van der Waals surface area contributed by atoms with Gasteiger partial charge in [-0.05, 0) is 62.6 Å². The van der Waals surface area contributed by atoms with Crippen LogP contribution in [0.3, 0.4) is 0 Å². The summed E-state index contributed by atoms with van der Waals surface area (Å²) < 4.78 is 45.2. The number of halogens is 5. The van der Waals surface area contributed by atoms with Gasteiger partial charge in [0.25, 0.3) is 0 Å². The van der Waals surface area contributed by atoms with Gasteiger partial charge in [-0.1, -0.05) is 35.9 Å². The smallest absolute Gasteiger partial charge is 0.475 e. The van der Waals surface area contributed by atoms with Crippen molar-refractivity contribution in [1.29, 1.82) is 0 Å². The van der Waals surface area contributed by atoms with E-state index in [0.29, 0.717) is 36.6 Å². The van der Waals surface area contributed by atoms with E-state index in [-0.39, 0.29) is 30.1 Å². The molecule has 0 bridgehead atoms. The monoisotopic (exact) mass is 659 g/mol. The molecular weight excluding hydrogens is 622 g/mol. The molecule has 3 unspecified atom stereocenters. The summed E-state index contributed by atoms with van der Waals surface area (Å²) in [5.41, 5.74) is 6.50. The molecule has 3 amide bonds. The summed E-state index contributed by atoms with van der Waals surface area (Å²) in [7, 11) is 1.61. The Balaban J connectivity index is 0.000000900. The highest BCUT2D eigenvalue weighted by molar-refractivity contribution is 6.30. The molecule has 1 aliphatic heterocycles. The van der Waals surface area contributed by atoms with Gasteiger partial charge in [-0.25, -0.2) is 9.18 Å². The SMILES string of the molecule is CNC(=O)C(Cc1ccc(Cl)cc1)N1CCN(C(=O)C(Cc2ccc(F)cc2)NC(=O)C(C)(C)N)C(C)C1.O=C(O)C(F)(F)F. The molecule has 2 aromatic rings. The summed E-state index contributed by atoms with van der Waals surface area (Å²) in [6.07, 6.45) is -4.38. The second kappa shape index (κ2) is 16.0. The first-order valence-electron chi connectivity index (χ1n) is 14.0. The summed E-state index contributed by atoms with van der Waals surface area (Å²) in [4.78, 5) is 51.9. The van der Waals surface area contributed by atoms with E-state index in [1.165, 1.54) is 12.1 Å². The normalized spacial score (nSPS) is 16.9. The second-order valence-electron chi connectivity index (χ2n) is 11.2. The number of hydrogen-bond acceptors (Lipinski definition) is 6. The van der Waals surface area contributed by atoms with Crippen molar-refractivity contribution in [2.24, 2.45) is 5.73 Å². The Morgan fingerprint density at radius 1 is 1.00 bits per heavy atom. The molecule has 0 saturated carbocycles. The predicted molar refractivity (Wildman–Crippen MR) is 160 cm³/mol. The highest BCUT2D eigenvalue weighted by Gasteiger charge is 2.39. The number of piperazine rings is 1. The van der Waals surface area contributed by atoms with Crippen LogP contribution < -0.4 is 16.4 Å². The third-order valence-electron chi connectivity index (χ3n) is 7.06. The van der Waals surface area contributed by atoms with Crippen molar-refractivity contribution in [2.75, 3.05) is 26.7 Å². The number of alkyl halides is 3. The van der Waals surface area contributed by atoms with E-state index in [0.717, 1.165) is 5.56 Å². The lowest BCUT2D eigenvalue weighted by Gasteiger charge is -2.44. The van der Waals surface area contributed by atoms with Gasteiger partial charge in [-0.15, -0.1) is 0 Å². The zero-order chi connectivity index (χ0) is 34.1. The lowest BCUT2D eigenvalue weighted by atomic mass is 9.99. The van der Waals surface area contributed by atoms with E-state index < -0.39 is 35.7 Å². The molecule has 0 radical (unpaired) electrons. The number of benzene rings is 2. The molecule has 1 saturated heterocycles. The summed E-state index contributed by atoms with van der Waals surface area (Å²) in [6.45, 7) is 6.43. The lowest BCUT2D eigenvalue weighted by Crippen LogP contribution is -2.63. The lowest BCUT2D eigenvalue weighted by molar-refractivity contribution is -0.192. The number of likely N-dealkylation sites (N-methyl/N-ethyl adjacent to an activating group) is 1. The van der Waals surface area contributed by atoms with Gasteiger partial charge in [-0.3, -0.25) is 19.3 Å². The second-order valence-corrected chi connectivity index (χ2v) is 11.7. The molecular formula is C30H38ClF4N5O5. The van der Waals surface area contributed by atoms with Crippen LogP contribution in [0.2, 0.25) is 5.02 Å². The number of aliphatic carboxylic acids is 1. The number of amides is 3. The van der Waals surface area contributed by atoms with E-state index in [2.05, 4.69) is 15.5 Å². The number of carboxylic acids is 1. The fraction of sp³-hybridized carbons (Fsp3) is 0.467. The average Bonchev–Trinajstić information content (AvgIpc) is 2.96. The standard InChI is InChI=1S/C28H37ClFN5O3.C2HF3O2/c1-18-17-34(24(25(36)32-4)16-20-5-9-21(29)10-6-20)13-14-35(18)26(37)23(33-27(38)28(2,3)31)15-19-7-11-22(30)12-8-19;3-2(4,5)1(6)7/h5-12,18,23-24H,13-17,31H2,1-4H3,(H,32,36)(H,33,38);(H,6,7). The first-order valence-corrected chi connectivity index (χ1v) is 14.4. The van der Waals surface area contributed by atoms with Crippen LogP contribution in [-0.2, 0) is 32.0 Å². The molecule has 248 valence electrons. The first-order chi connectivity index (χ1) is 20.8. The fourth-order valence-electron chi connectivity index (χ4n) is 4.59. The number of rotatable bonds is 9. The third kappa shape index (κ3) is 11.6. The van der Waals surface area contributed by atoms with Crippen LogP contribution in [0.1, 0.15) is 31.9 Å². The number of hydrogen-bond donors (Lipinski definition) is 4. The molecule has 0 aliphatic carbocycles. The molecule has 1 heterocycles. The van der Waals surface area contributed by atoms with Crippen LogP contribution in [0.4, 0.5) is 17.6 Å². The number of carbonyl (C=O) groups excluding carboxylic acids is 3. The van der Waals surface area contributed by atoms with Gasteiger partial charge in [-0.2, -0.15) is 13.2 Å². The Hall–Kier alpha value is -3.75. The molecule has 15 heteroatoms. The topological polar surface area (TPSA) is 145 Å². The maximum absolute atomic E-state index is 13.7. The van der Waals surface area contributed by atoms with Gasteiger partial charge >= 0.3 is 12.1 Å². The van der Waals surface area contributed by atoms with Crippen molar-refractivity contribution in [2.45, 2.75) is 63.5 Å². The van der Waals surface area contributed by atoms with Crippen LogP contribution in [0.25, 0.3) is 0 Å². The zero-order valence-corrected chi connectivity index (χ0v) is 26.1. The van der Waals surface area contributed by atoms with Gasteiger partial charge in [0.05, 0.1) is 11.6 Å². The molecule has 3 rings (SSSR count). The summed E-state index contributed by atoms with van der Waals surface area (Å²) in [6, 6.07) is 11.8. The molecule has 3 atom stereocenters. The number of carboxylic acid groups (broad SMARTS) is 1. The number of nitrogens with two attached hydrogens (primary N) is 1. The van der Waals surface area contributed by atoms with Crippen LogP contribution in [0.5, 0.6) is 0 Å².